The molecule has 160 valence electrons. The molecule has 0 saturated carbocycles. The van der Waals surface area contributed by atoms with Gasteiger partial charge in [-0.2, -0.15) is 0 Å². The van der Waals surface area contributed by atoms with Gasteiger partial charge in [-0.25, -0.2) is 14.4 Å². The first-order valence-corrected chi connectivity index (χ1v) is 12.4. The predicted molar refractivity (Wildman–Crippen MR) is 127 cm³/mol. The Morgan fingerprint density at radius 1 is 1.06 bits per heavy atom. The molecule has 0 bridgehead atoms. The van der Waals surface area contributed by atoms with Crippen molar-refractivity contribution in [2.24, 2.45) is 0 Å². The van der Waals surface area contributed by atoms with Gasteiger partial charge < -0.3 is 4.98 Å². The average Bonchev–Trinajstić information content (AvgIpc) is 3.39. The molecule has 0 spiro atoms. The summed E-state index contributed by atoms with van der Waals surface area (Å²) in [6, 6.07) is 13.9. The third kappa shape index (κ3) is 3.34. The standard InChI is InChI=1S/C24H19FN4OS2/c25-14-9-11-15(12-10-14)29-23(30)21-16-5-1-4-8-19(16)32-22(21)28-24(29)31-13-20-26-17-6-2-3-7-18(17)27-20/h2-3,6-7,9-12H,1,4-5,8,13H2,(H,26,27). The Bertz CT molecular complexity index is 1480. The number of para-hydroxylation sites is 2. The molecule has 3 aromatic heterocycles. The molecule has 32 heavy (non-hydrogen) atoms. The van der Waals surface area contributed by atoms with Crippen LogP contribution < -0.4 is 5.56 Å². The minimum absolute atomic E-state index is 0.0758. The van der Waals surface area contributed by atoms with Gasteiger partial charge in [0.1, 0.15) is 16.5 Å². The number of fused-ring (bicyclic) bond motifs is 4. The third-order valence-electron chi connectivity index (χ3n) is 5.82. The Labute approximate surface area is 191 Å². The number of hydrogen-bond acceptors (Lipinski definition) is 5. The minimum Gasteiger partial charge on any atom is -0.341 e. The highest BCUT2D eigenvalue weighted by atomic mass is 32.2. The monoisotopic (exact) mass is 462 g/mol. The number of thiophene rings is 1. The molecule has 1 aliphatic carbocycles. The lowest BCUT2D eigenvalue weighted by Crippen LogP contribution is -2.22. The molecule has 2 aromatic carbocycles. The molecule has 1 aliphatic rings. The van der Waals surface area contributed by atoms with Gasteiger partial charge in [0, 0.05) is 4.88 Å². The van der Waals surface area contributed by atoms with Crippen molar-refractivity contribution in [2.75, 3.05) is 0 Å². The van der Waals surface area contributed by atoms with Crippen LogP contribution in [0.2, 0.25) is 0 Å². The lowest BCUT2D eigenvalue weighted by molar-refractivity contribution is 0.627. The van der Waals surface area contributed by atoms with E-state index in [0.717, 1.165) is 58.3 Å². The lowest BCUT2D eigenvalue weighted by Gasteiger charge is -2.13. The number of aromatic amines is 1. The van der Waals surface area contributed by atoms with Gasteiger partial charge in [-0.05, 0) is 67.6 Å². The SMILES string of the molecule is O=c1c2c3c(sc2nc(SCc2nc4ccccc4[nH]2)n1-c1ccc(F)cc1)CCCC3. The second kappa shape index (κ2) is 7.86. The number of rotatable bonds is 4. The van der Waals surface area contributed by atoms with Crippen LogP contribution in [0.5, 0.6) is 0 Å². The molecule has 5 nitrogen and oxygen atoms in total. The fraction of sp³-hybridized carbons (Fsp3) is 0.208. The molecule has 5 aromatic rings. The number of benzene rings is 2. The summed E-state index contributed by atoms with van der Waals surface area (Å²) in [5.74, 6) is 1.03. The number of aromatic nitrogens is 4. The van der Waals surface area contributed by atoms with Gasteiger partial charge in [0.05, 0.1) is 27.9 Å². The zero-order valence-electron chi connectivity index (χ0n) is 17.1. The Morgan fingerprint density at radius 2 is 1.88 bits per heavy atom. The smallest absolute Gasteiger partial charge is 0.267 e. The van der Waals surface area contributed by atoms with Crippen LogP contribution in [0.15, 0.2) is 58.5 Å². The summed E-state index contributed by atoms with van der Waals surface area (Å²) in [4.78, 5) is 28.7. The maximum Gasteiger partial charge on any atom is 0.267 e. The van der Waals surface area contributed by atoms with Gasteiger partial charge in [0.25, 0.3) is 5.56 Å². The highest BCUT2D eigenvalue weighted by Crippen LogP contribution is 2.35. The number of imidazole rings is 1. The normalized spacial score (nSPS) is 13.7. The summed E-state index contributed by atoms with van der Waals surface area (Å²) in [6.07, 6.45) is 4.17. The van der Waals surface area contributed by atoms with E-state index < -0.39 is 0 Å². The van der Waals surface area contributed by atoms with Crippen molar-refractivity contribution in [1.82, 2.24) is 19.5 Å². The number of halogens is 1. The molecule has 0 saturated heterocycles. The van der Waals surface area contributed by atoms with E-state index in [2.05, 4.69) is 9.97 Å². The Hall–Kier alpha value is -2.97. The van der Waals surface area contributed by atoms with Crippen molar-refractivity contribution in [2.45, 2.75) is 36.6 Å². The summed E-state index contributed by atoms with van der Waals surface area (Å²) in [5, 5.41) is 1.32. The highest BCUT2D eigenvalue weighted by molar-refractivity contribution is 7.98. The number of nitrogens with one attached hydrogen (secondary N) is 1. The van der Waals surface area contributed by atoms with Crippen molar-refractivity contribution in [1.29, 1.82) is 0 Å². The Morgan fingerprint density at radius 3 is 2.72 bits per heavy atom. The maximum absolute atomic E-state index is 13.7. The van der Waals surface area contributed by atoms with Crippen molar-refractivity contribution in [3.8, 4) is 5.69 Å². The molecule has 1 N–H and O–H groups in total. The van der Waals surface area contributed by atoms with E-state index in [4.69, 9.17) is 4.98 Å². The van der Waals surface area contributed by atoms with Crippen LogP contribution in [0.1, 0.15) is 29.1 Å². The fourth-order valence-electron chi connectivity index (χ4n) is 4.31. The molecule has 0 atom stereocenters. The van der Waals surface area contributed by atoms with Gasteiger partial charge in [-0.3, -0.25) is 9.36 Å². The fourth-order valence-corrected chi connectivity index (χ4v) is 6.49. The van der Waals surface area contributed by atoms with Crippen LogP contribution in [0.3, 0.4) is 0 Å². The molecule has 0 radical (unpaired) electrons. The van der Waals surface area contributed by atoms with Crippen molar-refractivity contribution < 1.29 is 4.39 Å². The van der Waals surface area contributed by atoms with Gasteiger partial charge in [0.2, 0.25) is 0 Å². The number of H-pyrrole nitrogens is 1. The molecule has 6 rings (SSSR count). The van der Waals surface area contributed by atoms with Gasteiger partial charge in [0.15, 0.2) is 5.16 Å². The van der Waals surface area contributed by atoms with Crippen LogP contribution in [0.4, 0.5) is 4.39 Å². The molecule has 8 heteroatoms. The van der Waals surface area contributed by atoms with Crippen LogP contribution >= 0.6 is 23.1 Å². The zero-order chi connectivity index (χ0) is 21.7. The van der Waals surface area contributed by atoms with E-state index >= 15 is 0 Å². The predicted octanol–water partition coefficient (Wildman–Crippen LogP) is 5.63. The summed E-state index contributed by atoms with van der Waals surface area (Å²) >= 11 is 3.10. The Balaban J connectivity index is 1.48. The topological polar surface area (TPSA) is 63.6 Å². The third-order valence-corrected chi connectivity index (χ3v) is 7.95. The number of hydrogen-bond donors (Lipinski definition) is 1. The zero-order valence-corrected chi connectivity index (χ0v) is 18.7. The van der Waals surface area contributed by atoms with Gasteiger partial charge in [-0.15, -0.1) is 11.3 Å². The number of nitrogens with zero attached hydrogens (tertiary/aromatic N) is 3. The first kappa shape index (κ1) is 19.7. The van der Waals surface area contributed by atoms with E-state index in [1.54, 1.807) is 28.0 Å². The van der Waals surface area contributed by atoms with Crippen molar-refractivity contribution in [3.63, 3.8) is 0 Å². The second-order valence-electron chi connectivity index (χ2n) is 7.89. The highest BCUT2D eigenvalue weighted by Gasteiger charge is 2.23. The van der Waals surface area contributed by atoms with Crippen molar-refractivity contribution in [3.05, 3.63) is 81.0 Å². The largest absolute Gasteiger partial charge is 0.341 e. The minimum atomic E-state index is -0.333. The van der Waals surface area contributed by atoms with Crippen LogP contribution in [-0.2, 0) is 18.6 Å². The molecule has 0 amide bonds. The van der Waals surface area contributed by atoms with Gasteiger partial charge >= 0.3 is 0 Å². The summed E-state index contributed by atoms with van der Waals surface area (Å²) < 4.78 is 15.2. The van der Waals surface area contributed by atoms with E-state index in [1.165, 1.54) is 28.8 Å². The van der Waals surface area contributed by atoms with E-state index in [1.807, 2.05) is 24.3 Å². The number of aryl methyl sites for hydroxylation is 2. The molecular weight excluding hydrogens is 443 g/mol. The van der Waals surface area contributed by atoms with Gasteiger partial charge in [-0.1, -0.05) is 23.9 Å². The summed E-state index contributed by atoms with van der Waals surface area (Å²) in [6.45, 7) is 0. The van der Waals surface area contributed by atoms with E-state index in [-0.39, 0.29) is 11.4 Å². The van der Waals surface area contributed by atoms with Crippen LogP contribution in [0, 0.1) is 5.82 Å². The summed E-state index contributed by atoms with van der Waals surface area (Å²) in [5.41, 5.74) is 3.59. The van der Waals surface area contributed by atoms with Crippen molar-refractivity contribution >= 4 is 44.3 Å². The quantitative estimate of drug-likeness (QED) is 0.278. The molecule has 0 fully saturated rings. The average molecular weight is 463 g/mol. The number of thioether (sulfide) groups is 1. The van der Waals surface area contributed by atoms with E-state index in [0.29, 0.717) is 16.6 Å². The van der Waals surface area contributed by atoms with Crippen LogP contribution in [-0.4, -0.2) is 19.5 Å². The molecule has 0 aliphatic heterocycles. The second-order valence-corrected chi connectivity index (χ2v) is 9.92. The first-order valence-electron chi connectivity index (χ1n) is 10.6. The Kier molecular flexibility index (Phi) is 4.84. The first-order chi connectivity index (χ1) is 15.7. The molecule has 0 unspecified atom stereocenters. The van der Waals surface area contributed by atoms with E-state index in [9.17, 15) is 9.18 Å². The van der Waals surface area contributed by atoms with Crippen LogP contribution in [0.25, 0.3) is 26.9 Å². The molecule has 3 heterocycles. The lowest BCUT2D eigenvalue weighted by atomic mass is 9.97. The molecular formula is C24H19FN4OS2. The summed E-state index contributed by atoms with van der Waals surface area (Å²) in [7, 11) is 0. The maximum atomic E-state index is 13.7.